The maximum Gasteiger partial charge on any atom is 0.360 e. The second-order valence-corrected chi connectivity index (χ2v) is 11.9. The minimum absolute atomic E-state index is 0.213. The fourth-order valence-corrected chi connectivity index (χ4v) is 4.14. The zero-order valence-electron chi connectivity index (χ0n) is 15.7. The number of nitrogens with zero attached hydrogens (tertiary/aromatic N) is 1. The number of benzene rings is 1. The number of pyridine rings is 1. The van der Waals surface area contributed by atoms with Crippen LogP contribution in [0.1, 0.15) is 16.1 Å². The van der Waals surface area contributed by atoms with Crippen LogP contribution < -0.4 is 15.7 Å². The largest absolute Gasteiger partial charge is 0.492 e. The number of nitrogen functional groups attached to an aromatic ring is 1. The van der Waals surface area contributed by atoms with Gasteiger partial charge >= 0.3 is 5.97 Å². The summed E-state index contributed by atoms with van der Waals surface area (Å²) in [5.74, 6) is -2.31. The van der Waals surface area contributed by atoms with Crippen LogP contribution in [0.4, 0.5) is 14.5 Å². The molecule has 2 aromatic rings. The predicted molar refractivity (Wildman–Crippen MR) is 99.6 cm³/mol. The van der Waals surface area contributed by atoms with Crippen molar-refractivity contribution in [1.82, 2.24) is 4.98 Å². The molecule has 1 aromatic heterocycles. The molecule has 0 atom stereocenters. The molecule has 0 bridgehead atoms. The zero-order chi connectivity index (χ0) is 19.8. The van der Waals surface area contributed by atoms with Gasteiger partial charge in [-0.05, 0) is 17.7 Å². The summed E-state index contributed by atoms with van der Waals surface area (Å²) < 4.78 is 39.3. The van der Waals surface area contributed by atoms with Crippen LogP contribution in [0.2, 0.25) is 19.6 Å². The Balaban J connectivity index is 2.79. The summed E-state index contributed by atoms with van der Waals surface area (Å²) in [5, 5.41) is 0.633. The molecular weight excluding hydrogens is 358 g/mol. The molecule has 2 rings (SSSR count). The molecule has 140 valence electrons. The van der Waals surface area contributed by atoms with Crippen LogP contribution in [0.15, 0.2) is 12.1 Å². The summed E-state index contributed by atoms with van der Waals surface area (Å²) in [4.78, 5) is 16.0. The Morgan fingerprint density at radius 1 is 1.15 bits per heavy atom. The minimum Gasteiger partial charge on any atom is -0.492 e. The SMILES string of the molecule is COC(=O)c1nc(-c2ccc([Si](C)(C)C)c(F)c2C)c(F)c(N)c1OC. The summed E-state index contributed by atoms with van der Waals surface area (Å²) >= 11 is 0. The Bertz CT molecular complexity index is 880. The van der Waals surface area contributed by atoms with Crippen LogP contribution in [0.5, 0.6) is 5.75 Å². The molecule has 26 heavy (non-hydrogen) atoms. The molecular formula is C18H22F2N2O3Si. The highest BCUT2D eigenvalue weighted by Gasteiger charge is 2.28. The van der Waals surface area contributed by atoms with Crippen LogP contribution in [0, 0.1) is 18.6 Å². The van der Waals surface area contributed by atoms with Gasteiger partial charge in [0.2, 0.25) is 0 Å². The standard InChI is InChI=1S/C18H22F2N2O3Si/c1-9-10(7-8-11(12(9)19)26(4,5)6)15-13(20)14(21)17(24-2)16(22-15)18(23)25-3/h7-8H,1-6H3,(H2,21,22). The van der Waals surface area contributed by atoms with E-state index in [0.29, 0.717) is 5.19 Å². The lowest BCUT2D eigenvalue weighted by molar-refractivity contribution is 0.0590. The van der Waals surface area contributed by atoms with Crippen molar-refractivity contribution in [2.24, 2.45) is 0 Å². The molecule has 0 aliphatic heterocycles. The molecule has 0 saturated carbocycles. The number of aromatic nitrogens is 1. The first-order valence-electron chi connectivity index (χ1n) is 7.95. The van der Waals surface area contributed by atoms with E-state index in [9.17, 15) is 13.6 Å². The van der Waals surface area contributed by atoms with E-state index in [2.05, 4.69) is 9.72 Å². The molecule has 0 aliphatic rings. The van der Waals surface area contributed by atoms with E-state index in [1.807, 2.05) is 19.6 Å². The van der Waals surface area contributed by atoms with Crippen molar-refractivity contribution in [1.29, 1.82) is 0 Å². The second kappa shape index (κ2) is 7.03. The number of hydrogen-bond acceptors (Lipinski definition) is 5. The quantitative estimate of drug-likeness (QED) is 0.651. The number of esters is 1. The van der Waals surface area contributed by atoms with Crippen LogP contribution >= 0.6 is 0 Å². The van der Waals surface area contributed by atoms with Gasteiger partial charge in [-0.1, -0.05) is 31.8 Å². The highest BCUT2D eigenvalue weighted by molar-refractivity contribution is 6.88. The van der Waals surface area contributed by atoms with Gasteiger partial charge in [0.25, 0.3) is 0 Å². The first kappa shape index (κ1) is 19.8. The van der Waals surface area contributed by atoms with Crippen LogP contribution in [-0.2, 0) is 4.74 Å². The van der Waals surface area contributed by atoms with Crippen molar-refractivity contribution >= 4 is 24.9 Å². The number of methoxy groups -OCH3 is 2. The predicted octanol–water partition coefficient (Wildman–Crippen LogP) is 3.26. The molecule has 5 nitrogen and oxygen atoms in total. The summed E-state index contributed by atoms with van der Waals surface area (Å²) in [6.07, 6.45) is 0. The summed E-state index contributed by atoms with van der Waals surface area (Å²) in [6, 6.07) is 3.24. The van der Waals surface area contributed by atoms with Gasteiger partial charge in [0.15, 0.2) is 17.3 Å². The average Bonchev–Trinajstić information content (AvgIpc) is 2.58. The van der Waals surface area contributed by atoms with E-state index in [0.717, 1.165) is 7.11 Å². The lowest BCUT2D eigenvalue weighted by atomic mass is 10.0. The number of rotatable bonds is 4. The van der Waals surface area contributed by atoms with Crippen LogP contribution in [-0.4, -0.2) is 33.2 Å². The first-order valence-corrected chi connectivity index (χ1v) is 11.5. The molecule has 1 aromatic carbocycles. The number of halogens is 2. The lowest BCUT2D eigenvalue weighted by Crippen LogP contribution is -2.40. The molecule has 1 heterocycles. The normalized spacial score (nSPS) is 11.4. The number of anilines is 1. The molecule has 0 aliphatic carbocycles. The van der Waals surface area contributed by atoms with Crippen molar-refractivity contribution in [3.8, 4) is 17.0 Å². The van der Waals surface area contributed by atoms with E-state index in [4.69, 9.17) is 10.5 Å². The van der Waals surface area contributed by atoms with Gasteiger partial charge in [0.1, 0.15) is 17.2 Å². The van der Waals surface area contributed by atoms with E-state index in [1.165, 1.54) is 7.11 Å². The second-order valence-electron chi connectivity index (χ2n) is 6.91. The highest BCUT2D eigenvalue weighted by Crippen LogP contribution is 2.35. The van der Waals surface area contributed by atoms with Gasteiger partial charge in [0, 0.05) is 5.56 Å². The Hall–Kier alpha value is -2.48. The maximum atomic E-state index is 14.9. The molecule has 0 spiro atoms. The van der Waals surface area contributed by atoms with Crippen molar-refractivity contribution in [3.63, 3.8) is 0 Å². The number of carbonyl (C=O) groups is 1. The van der Waals surface area contributed by atoms with Crippen molar-refractivity contribution in [2.45, 2.75) is 26.6 Å². The molecule has 2 N–H and O–H groups in total. The molecule has 0 unspecified atom stereocenters. The van der Waals surface area contributed by atoms with Crippen molar-refractivity contribution < 1.29 is 23.0 Å². The monoisotopic (exact) mass is 380 g/mol. The molecule has 0 amide bonds. The Morgan fingerprint density at radius 2 is 1.77 bits per heavy atom. The van der Waals surface area contributed by atoms with Crippen LogP contribution in [0.25, 0.3) is 11.3 Å². The van der Waals surface area contributed by atoms with E-state index < -0.39 is 25.7 Å². The van der Waals surface area contributed by atoms with Gasteiger partial charge in [-0.15, -0.1) is 0 Å². The highest BCUT2D eigenvalue weighted by atomic mass is 28.3. The van der Waals surface area contributed by atoms with E-state index >= 15 is 0 Å². The number of hydrogen-bond donors (Lipinski definition) is 1. The first-order chi connectivity index (χ1) is 12.0. The van der Waals surface area contributed by atoms with Crippen molar-refractivity contribution in [3.05, 3.63) is 35.0 Å². The Labute approximate surface area is 152 Å². The maximum absolute atomic E-state index is 14.9. The fraction of sp³-hybridized carbons (Fsp3) is 0.333. The lowest BCUT2D eigenvalue weighted by Gasteiger charge is -2.20. The zero-order valence-corrected chi connectivity index (χ0v) is 16.7. The fourth-order valence-electron chi connectivity index (χ4n) is 2.71. The average molecular weight is 380 g/mol. The van der Waals surface area contributed by atoms with Crippen molar-refractivity contribution in [2.75, 3.05) is 20.0 Å². The summed E-state index contributed by atoms with van der Waals surface area (Å²) in [7, 11) is 0.491. The third kappa shape index (κ3) is 3.28. The molecule has 0 saturated heterocycles. The van der Waals surface area contributed by atoms with Gasteiger partial charge in [0.05, 0.1) is 22.3 Å². The molecule has 8 heteroatoms. The van der Waals surface area contributed by atoms with E-state index in [1.54, 1.807) is 19.1 Å². The van der Waals surface area contributed by atoms with Gasteiger partial charge < -0.3 is 15.2 Å². The summed E-state index contributed by atoms with van der Waals surface area (Å²) in [5.41, 5.74) is 5.38. The number of ether oxygens (including phenoxy) is 2. The number of carbonyl (C=O) groups excluding carboxylic acids is 1. The number of nitrogens with two attached hydrogens (primary N) is 1. The third-order valence-corrected chi connectivity index (χ3v) is 6.16. The topological polar surface area (TPSA) is 74.4 Å². The van der Waals surface area contributed by atoms with Crippen LogP contribution in [0.3, 0.4) is 0 Å². The van der Waals surface area contributed by atoms with Gasteiger partial charge in [-0.25, -0.2) is 18.6 Å². The summed E-state index contributed by atoms with van der Waals surface area (Å²) in [6.45, 7) is 7.60. The van der Waals surface area contributed by atoms with Gasteiger partial charge in [-0.2, -0.15) is 0 Å². The Kier molecular flexibility index (Phi) is 5.36. The van der Waals surface area contributed by atoms with E-state index in [-0.39, 0.29) is 34.0 Å². The molecule has 0 fully saturated rings. The minimum atomic E-state index is -1.91. The third-order valence-electron chi connectivity index (χ3n) is 4.16. The smallest absolute Gasteiger partial charge is 0.360 e. The molecule has 0 radical (unpaired) electrons. The Morgan fingerprint density at radius 3 is 2.27 bits per heavy atom. The van der Waals surface area contributed by atoms with Gasteiger partial charge in [-0.3, -0.25) is 0 Å².